The summed E-state index contributed by atoms with van der Waals surface area (Å²) in [7, 11) is 0. The Morgan fingerprint density at radius 3 is 1.02 bits per heavy atom. The number of carbonyl (C=O) groups excluding carboxylic acids is 3. The lowest BCUT2D eigenvalue weighted by atomic mass is 10.1. The molecule has 0 aliphatic heterocycles. The van der Waals surface area contributed by atoms with Gasteiger partial charge in [0.05, 0.1) is 0 Å². The molecule has 1 unspecified atom stereocenters. The maximum absolute atomic E-state index is 12.7. The molecule has 0 rings (SSSR count). The van der Waals surface area contributed by atoms with Crippen molar-refractivity contribution in [2.45, 2.75) is 252 Å². The number of unbranched alkanes of at least 4 members (excludes halogenated alkanes) is 26. The van der Waals surface area contributed by atoms with Gasteiger partial charge in [-0.15, -0.1) is 0 Å². The van der Waals surface area contributed by atoms with E-state index in [-0.39, 0.29) is 31.1 Å². The Labute approximate surface area is 358 Å². The van der Waals surface area contributed by atoms with Crippen LogP contribution < -0.4 is 0 Å². The number of ether oxygens (including phenoxy) is 3. The third-order valence-electron chi connectivity index (χ3n) is 10.6. The van der Waals surface area contributed by atoms with Gasteiger partial charge in [0.25, 0.3) is 0 Å². The summed E-state index contributed by atoms with van der Waals surface area (Å²) in [6.07, 6.45) is 55.2. The van der Waals surface area contributed by atoms with Gasteiger partial charge in [-0.3, -0.25) is 14.4 Å². The van der Waals surface area contributed by atoms with Crippen molar-refractivity contribution in [3.05, 3.63) is 48.6 Å². The molecule has 0 aromatic rings. The number of esters is 3. The second kappa shape index (κ2) is 47.1. The molecule has 0 amide bonds. The average molecular weight is 813 g/mol. The van der Waals surface area contributed by atoms with Crippen molar-refractivity contribution in [2.75, 3.05) is 13.2 Å². The maximum Gasteiger partial charge on any atom is 0.306 e. The van der Waals surface area contributed by atoms with Gasteiger partial charge >= 0.3 is 17.9 Å². The Balaban J connectivity index is 4.30. The van der Waals surface area contributed by atoms with Crippen molar-refractivity contribution in [2.24, 2.45) is 0 Å². The van der Waals surface area contributed by atoms with Gasteiger partial charge in [0, 0.05) is 19.3 Å². The van der Waals surface area contributed by atoms with Crippen molar-refractivity contribution in [1.29, 1.82) is 0 Å². The number of rotatable bonds is 44. The molecule has 0 bridgehead atoms. The Morgan fingerprint density at radius 2 is 0.638 bits per heavy atom. The molecule has 6 heteroatoms. The fraction of sp³-hybridized carbons (Fsp3) is 0.788. The van der Waals surface area contributed by atoms with E-state index in [0.29, 0.717) is 19.3 Å². The van der Waals surface area contributed by atoms with E-state index in [4.69, 9.17) is 14.2 Å². The highest BCUT2D eigenvalue weighted by molar-refractivity contribution is 5.71. The van der Waals surface area contributed by atoms with Crippen LogP contribution in [0.4, 0.5) is 0 Å². The Hall–Kier alpha value is -2.63. The van der Waals surface area contributed by atoms with Gasteiger partial charge in [0.1, 0.15) is 13.2 Å². The number of carbonyl (C=O) groups is 3. The Morgan fingerprint density at radius 1 is 0.345 bits per heavy atom. The highest BCUT2D eigenvalue weighted by atomic mass is 16.6. The van der Waals surface area contributed by atoms with Crippen molar-refractivity contribution < 1.29 is 28.6 Å². The molecule has 0 radical (unpaired) electrons. The Kier molecular flexibility index (Phi) is 44.9. The summed E-state index contributed by atoms with van der Waals surface area (Å²) < 4.78 is 16.7. The van der Waals surface area contributed by atoms with Crippen LogP contribution in [0.2, 0.25) is 0 Å². The molecular formula is C52H92O6. The highest BCUT2D eigenvalue weighted by Gasteiger charge is 2.19. The largest absolute Gasteiger partial charge is 0.462 e. The average Bonchev–Trinajstić information content (AvgIpc) is 3.22. The molecule has 0 aliphatic carbocycles. The van der Waals surface area contributed by atoms with E-state index < -0.39 is 6.10 Å². The quantitative estimate of drug-likeness (QED) is 0.0200. The molecule has 336 valence electrons. The van der Waals surface area contributed by atoms with Gasteiger partial charge in [-0.25, -0.2) is 0 Å². The van der Waals surface area contributed by atoms with E-state index in [1.54, 1.807) is 0 Å². The van der Waals surface area contributed by atoms with Crippen LogP contribution >= 0.6 is 0 Å². The first-order valence-electron chi connectivity index (χ1n) is 24.7. The summed E-state index contributed by atoms with van der Waals surface area (Å²) in [5.74, 6) is -0.907. The van der Waals surface area contributed by atoms with Gasteiger partial charge in [-0.2, -0.15) is 0 Å². The summed E-state index contributed by atoms with van der Waals surface area (Å²) >= 11 is 0. The zero-order chi connectivity index (χ0) is 42.3. The van der Waals surface area contributed by atoms with Crippen molar-refractivity contribution >= 4 is 17.9 Å². The van der Waals surface area contributed by atoms with Gasteiger partial charge in [-0.05, 0) is 83.5 Å². The first-order valence-corrected chi connectivity index (χ1v) is 24.7. The predicted molar refractivity (Wildman–Crippen MR) is 247 cm³/mol. The van der Waals surface area contributed by atoms with Crippen LogP contribution in [0.15, 0.2) is 48.6 Å². The molecule has 0 saturated heterocycles. The molecular weight excluding hydrogens is 721 g/mol. The second-order valence-electron chi connectivity index (χ2n) is 16.4. The normalized spacial score (nSPS) is 12.4. The summed E-state index contributed by atoms with van der Waals surface area (Å²) in [6.45, 7) is 6.51. The molecule has 58 heavy (non-hydrogen) atoms. The van der Waals surface area contributed by atoms with E-state index in [1.165, 1.54) is 116 Å². The molecule has 1 atom stereocenters. The summed E-state index contributed by atoms with van der Waals surface area (Å²) in [5, 5.41) is 0. The minimum absolute atomic E-state index is 0.0815. The van der Waals surface area contributed by atoms with Crippen LogP contribution in [0.5, 0.6) is 0 Å². The van der Waals surface area contributed by atoms with Gasteiger partial charge < -0.3 is 14.2 Å². The number of allylic oxidation sites excluding steroid dienone is 8. The summed E-state index contributed by atoms with van der Waals surface area (Å²) in [4.78, 5) is 37.8. The predicted octanol–water partition coefficient (Wildman–Crippen LogP) is 15.9. The van der Waals surface area contributed by atoms with Crippen molar-refractivity contribution in [3.63, 3.8) is 0 Å². The summed E-state index contributed by atoms with van der Waals surface area (Å²) in [5.41, 5.74) is 0. The summed E-state index contributed by atoms with van der Waals surface area (Å²) in [6, 6.07) is 0. The number of hydrogen-bond donors (Lipinski definition) is 0. The van der Waals surface area contributed by atoms with E-state index in [0.717, 1.165) is 89.9 Å². The third-order valence-corrected chi connectivity index (χ3v) is 10.6. The van der Waals surface area contributed by atoms with Crippen LogP contribution in [-0.4, -0.2) is 37.2 Å². The Bertz CT molecular complexity index is 1030. The molecule has 0 aromatic heterocycles. The SMILES string of the molecule is CCCC/C=C\CCCCCCCC(=O)OC(COC(=O)CCCCCC/C=C\CCCC)COC(=O)CCCCCCCCCCCC/C=C\C=C/CCCCC. The zero-order valence-electron chi connectivity index (χ0n) is 38.3. The molecule has 0 saturated carbocycles. The molecule has 0 N–H and O–H groups in total. The molecule has 0 spiro atoms. The lowest BCUT2D eigenvalue weighted by Crippen LogP contribution is -2.30. The smallest absolute Gasteiger partial charge is 0.306 e. The fourth-order valence-corrected chi connectivity index (χ4v) is 6.75. The minimum Gasteiger partial charge on any atom is -0.462 e. The zero-order valence-corrected chi connectivity index (χ0v) is 38.3. The fourth-order valence-electron chi connectivity index (χ4n) is 6.75. The van der Waals surface area contributed by atoms with Crippen LogP contribution in [0.1, 0.15) is 245 Å². The molecule has 0 heterocycles. The monoisotopic (exact) mass is 813 g/mol. The maximum atomic E-state index is 12.7. The standard InChI is InChI=1S/C52H92O6/c1-4-7-10-13-16-19-22-23-24-25-26-27-28-29-31-33-36-39-42-45-51(54)57-48-49(47-56-50(53)44-41-38-35-32-21-18-15-12-9-6-3)58-52(55)46-43-40-37-34-30-20-17-14-11-8-5-2/h14-19,22-23,49H,4-13,20-21,24-48H2,1-3H3/b17-14-,18-15-,19-16-,23-22-. The molecule has 0 fully saturated rings. The van der Waals surface area contributed by atoms with Gasteiger partial charge in [0.15, 0.2) is 6.10 Å². The van der Waals surface area contributed by atoms with Crippen molar-refractivity contribution in [1.82, 2.24) is 0 Å². The van der Waals surface area contributed by atoms with Crippen molar-refractivity contribution in [3.8, 4) is 0 Å². The molecule has 0 aliphatic rings. The van der Waals surface area contributed by atoms with E-state index in [9.17, 15) is 14.4 Å². The van der Waals surface area contributed by atoms with Crippen LogP contribution in [-0.2, 0) is 28.6 Å². The lowest BCUT2D eigenvalue weighted by Gasteiger charge is -2.18. The molecule has 0 aromatic carbocycles. The van der Waals surface area contributed by atoms with Gasteiger partial charge in [-0.1, -0.05) is 191 Å². The number of hydrogen-bond acceptors (Lipinski definition) is 6. The van der Waals surface area contributed by atoms with Crippen LogP contribution in [0, 0.1) is 0 Å². The van der Waals surface area contributed by atoms with E-state index >= 15 is 0 Å². The van der Waals surface area contributed by atoms with E-state index in [2.05, 4.69) is 69.4 Å². The topological polar surface area (TPSA) is 78.9 Å². The third kappa shape index (κ3) is 44.5. The van der Waals surface area contributed by atoms with E-state index in [1.807, 2.05) is 0 Å². The first kappa shape index (κ1) is 55.4. The van der Waals surface area contributed by atoms with Crippen LogP contribution in [0.25, 0.3) is 0 Å². The van der Waals surface area contributed by atoms with Gasteiger partial charge in [0.2, 0.25) is 0 Å². The lowest BCUT2D eigenvalue weighted by molar-refractivity contribution is -0.167. The first-order chi connectivity index (χ1) is 28.5. The highest BCUT2D eigenvalue weighted by Crippen LogP contribution is 2.14. The molecule has 6 nitrogen and oxygen atoms in total. The van der Waals surface area contributed by atoms with Crippen LogP contribution in [0.3, 0.4) is 0 Å². The minimum atomic E-state index is -0.780. The second-order valence-corrected chi connectivity index (χ2v) is 16.4.